The zero-order valence-electron chi connectivity index (χ0n) is 16.4. The Balaban J connectivity index is 2.32. The van der Waals surface area contributed by atoms with Crippen LogP contribution in [-0.2, 0) is 4.57 Å². The van der Waals surface area contributed by atoms with E-state index in [1.807, 2.05) is 13.8 Å². The molecule has 1 fully saturated rings. The molecule has 0 saturated heterocycles. The highest BCUT2D eigenvalue weighted by atomic mass is 31.1. The molecule has 2 nitrogen and oxygen atoms in total. The fourth-order valence-corrected chi connectivity index (χ4v) is 5.56. The predicted octanol–water partition coefficient (Wildman–Crippen LogP) is 6.99. The molecule has 0 spiro atoms. The Morgan fingerprint density at radius 2 is 1.68 bits per heavy atom. The second-order valence-electron chi connectivity index (χ2n) is 7.94. The standard InChI is InChI=1S/C22H33O2P/c1-5-6-7-8-11-19(25-24)22(12-9-10-13-22)21(23)20-17(3)14-16(2)15-18(20)4/h14-15,19H,5-13H2,1-4H3. The lowest BCUT2D eigenvalue weighted by Crippen LogP contribution is -2.38. The minimum Gasteiger partial charge on any atom is -0.293 e. The van der Waals surface area contributed by atoms with Gasteiger partial charge < -0.3 is 0 Å². The first-order valence-electron chi connectivity index (χ1n) is 9.91. The quantitative estimate of drug-likeness (QED) is 0.270. The number of aryl methyl sites for hydroxylation is 3. The van der Waals surface area contributed by atoms with Gasteiger partial charge in [-0.2, -0.15) is 0 Å². The average molecular weight is 360 g/mol. The molecule has 0 N–H and O–H groups in total. The first-order valence-corrected chi connectivity index (χ1v) is 10.8. The van der Waals surface area contributed by atoms with Gasteiger partial charge in [0.25, 0.3) is 0 Å². The first kappa shape index (κ1) is 20.3. The Kier molecular flexibility index (Phi) is 7.37. The second-order valence-corrected chi connectivity index (χ2v) is 8.77. The van der Waals surface area contributed by atoms with Crippen molar-refractivity contribution in [1.29, 1.82) is 0 Å². The third-order valence-corrected chi connectivity index (χ3v) is 6.96. The Bertz CT molecular complexity index is 591. The van der Waals surface area contributed by atoms with Crippen LogP contribution in [-0.4, -0.2) is 11.4 Å². The molecule has 0 aliphatic heterocycles. The van der Waals surface area contributed by atoms with Crippen LogP contribution in [0.2, 0.25) is 0 Å². The number of rotatable bonds is 9. The minimum absolute atomic E-state index is 0.0283. The smallest absolute Gasteiger partial charge is 0.170 e. The van der Waals surface area contributed by atoms with Gasteiger partial charge in [0, 0.05) is 11.0 Å². The summed E-state index contributed by atoms with van der Waals surface area (Å²) in [6.07, 6.45) is 9.53. The lowest BCUT2D eigenvalue weighted by atomic mass is 9.72. The lowest BCUT2D eigenvalue weighted by Gasteiger charge is -2.33. The molecule has 1 aromatic rings. The van der Waals surface area contributed by atoms with Gasteiger partial charge >= 0.3 is 0 Å². The summed E-state index contributed by atoms with van der Waals surface area (Å²) in [5.41, 5.74) is 3.78. The summed E-state index contributed by atoms with van der Waals surface area (Å²) in [7, 11) is 0.157. The van der Waals surface area contributed by atoms with Crippen molar-refractivity contribution in [2.24, 2.45) is 5.41 Å². The highest BCUT2D eigenvalue weighted by Gasteiger charge is 2.48. The van der Waals surface area contributed by atoms with Crippen LogP contribution in [0.25, 0.3) is 0 Å². The van der Waals surface area contributed by atoms with Gasteiger partial charge in [0.15, 0.2) is 14.2 Å². The highest BCUT2D eigenvalue weighted by Crippen LogP contribution is 2.50. The number of carbonyl (C=O) groups is 1. The summed E-state index contributed by atoms with van der Waals surface area (Å²) < 4.78 is 12.1. The summed E-state index contributed by atoms with van der Waals surface area (Å²) in [4.78, 5) is 13.7. The first-order chi connectivity index (χ1) is 12.0. The van der Waals surface area contributed by atoms with Gasteiger partial charge in [0.05, 0.1) is 5.66 Å². The Morgan fingerprint density at radius 3 is 2.20 bits per heavy atom. The zero-order chi connectivity index (χ0) is 18.4. The average Bonchev–Trinajstić information content (AvgIpc) is 3.04. The molecule has 1 aliphatic carbocycles. The fraction of sp³-hybridized carbons (Fsp3) is 0.682. The Labute approximate surface area is 155 Å². The van der Waals surface area contributed by atoms with Crippen LogP contribution in [0.1, 0.15) is 91.8 Å². The molecule has 1 aliphatic rings. The van der Waals surface area contributed by atoms with Crippen LogP contribution >= 0.6 is 8.46 Å². The number of hydrogen-bond acceptors (Lipinski definition) is 2. The monoisotopic (exact) mass is 360 g/mol. The fourth-order valence-electron chi connectivity index (χ4n) is 4.70. The molecule has 3 heteroatoms. The third kappa shape index (κ3) is 4.40. The van der Waals surface area contributed by atoms with Crippen LogP contribution in [0.3, 0.4) is 0 Å². The van der Waals surface area contributed by atoms with E-state index in [2.05, 4.69) is 26.0 Å². The molecule has 1 saturated carbocycles. The molecule has 1 aromatic carbocycles. The molecule has 0 amide bonds. The topological polar surface area (TPSA) is 34.1 Å². The van der Waals surface area contributed by atoms with E-state index in [-0.39, 0.29) is 19.9 Å². The number of unbranched alkanes of at least 4 members (excludes halogenated alkanes) is 3. The molecule has 0 bridgehead atoms. The molecule has 0 radical (unpaired) electrons. The van der Waals surface area contributed by atoms with E-state index in [0.29, 0.717) is 0 Å². The largest absolute Gasteiger partial charge is 0.293 e. The number of ketones is 1. The number of Topliss-reactive ketones (excluding diaryl/α,β-unsaturated/α-hetero) is 1. The maximum Gasteiger partial charge on any atom is 0.170 e. The van der Waals surface area contributed by atoms with Crippen molar-refractivity contribution in [3.05, 3.63) is 34.4 Å². The van der Waals surface area contributed by atoms with E-state index >= 15 is 0 Å². The minimum atomic E-state index is -0.416. The molecule has 1 atom stereocenters. The van der Waals surface area contributed by atoms with Gasteiger partial charge in [-0.1, -0.05) is 63.1 Å². The Hall–Kier alpha value is -1.01. The van der Waals surface area contributed by atoms with E-state index in [0.717, 1.165) is 55.2 Å². The molecule has 25 heavy (non-hydrogen) atoms. The van der Waals surface area contributed by atoms with Gasteiger partial charge in [-0.3, -0.25) is 9.36 Å². The van der Waals surface area contributed by atoms with Crippen molar-refractivity contribution >= 4 is 14.2 Å². The van der Waals surface area contributed by atoms with Gasteiger partial charge in [-0.25, -0.2) is 0 Å². The van der Waals surface area contributed by atoms with Crippen molar-refractivity contribution in [3.8, 4) is 0 Å². The van der Waals surface area contributed by atoms with Gasteiger partial charge in [-0.05, 0) is 51.2 Å². The molecule has 1 unspecified atom stereocenters. The molecule has 138 valence electrons. The van der Waals surface area contributed by atoms with Crippen molar-refractivity contribution in [2.45, 2.75) is 91.1 Å². The van der Waals surface area contributed by atoms with E-state index in [1.54, 1.807) is 0 Å². The summed E-state index contributed by atoms with van der Waals surface area (Å²) in [5.74, 6) is 0.254. The van der Waals surface area contributed by atoms with Crippen LogP contribution in [0, 0.1) is 26.2 Å². The molecular weight excluding hydrogens is 327 g/mol. The third-order valence-electron chi connectivity index (χ3n) is 5.95. The van der Waals surface area contributed by atoms with Crippen molar-refractivity contribution in [3.63, 3.8) is 0 Å². The van der Waals surface area contributed by atoms with Gasteiger partial charge in [0.1, 0.15) is 0 Å². The van der Waals surface area contributed by atoms with Crippen molar-refractivity contribution in [2.75, 3.05) is 0 Å². The number of carbonyl (C=O) groups excluding carboxylic acids is 1. The Morgan fingerprint density at radius 1 is 1.08 bits per heavy atom. The summed E-state index contributed by atoms with van der Waals surface area (Å²) in [6, 6.07) is 4.21. The van der Waals surface area contributed by atoms with Crippen molar-refractivity contribution in [1.82, 2.24) is 0 Å². The molecule has 0 heterocycles. The van der Waals surface area contributed by atoms with Crippen molar-refractivity contribution < 1.29 is 9.36 Å². The molecule has 0 aromatic heterocycles. The van der Waals surface area contributed by atoms with Gasteiger partial charge in [-0.15, -0.1) is 0 Å². The van der Waals surface area contributed by atoms with Crippen LogP contribution in [0.4, 0.5) is 0 Å². The maximum absolute atomic E-state index is 13.7. The van der Waals surface area contributed by atoms with Crippen LogP contribution < -0.4 is 0 Å². The van der Waals surface area contributed by atoms with E-state index < -0.39 is 5.41 Å². The summed E-state index contributed by atoms with van der Waals surface area (Å²) in [6.45, 7) is 8.36. The van der Waals surface area contributed by atoms with Gasteiger partial charge in [0.2, 0.25) is 0 Å². The number of benzene rings is 1. The number of hydrogen-bond donors (Lipinski definition) is 0. The van der Waals surface area contributed by atoms with E-state index in [4.69, 9.17) is 0 Å². The SMILES string of the molecule is CCCCCCC(P=O)C1(C(=O)c2c(C)cc(C)cc2C)CCCC1. The predicted molar refractivity (Wildman–Crippen MR) is 106 cm³/mol. The van der Waals surface area contributed by atoms with Crippen LogP contribution in [0.5, 0.6) is 0 Å². The maximum atomic E-state index is 13.7. The van der Waals surface area contributed by atoms with E-state index in [9.17, 15) is 9.36 Å². The van der Waals surface area contributed by atoms with E-state index in [1.165, 1.54) is 24.8 Å². The normalized spacial score (nSPS) is 17.8. The molecule has 2 rings (SSSR count). The second kappa shape index (κ2) is 9.08. The lowest BCUT2D eigenvalue weighted by molar-refractivity contribution is 0.0784. The zero-order valence-corrected chi connectivity index (χ0v) is 17.3. The summed E-state index contributed by atoms with van der Waals surface area (Å²) in [5, 5.41) is 0. The summed E-state index contributed by atoms with van der Waals surface area (Å²) >= 11 is 0. The highest BCUT2D eigenvalue weighted by molar-refractivity contribution is 7.24. The molecular formula is C22H33O2P. The van der Waals surface area contributed by atoms with Crippen LogP contribution in [0.15, 0.2) is 12.1 Å².